The highest BCUT2D eigenvalue weighted by atomic mass is 127. The third-order valence-electron chi connectivity index (χ3n) is 5.76. The Morgan fingerprint density at radius 2 is 1.81 bits per heavy atom. The molecule has 0 saturated carbocycles. The highest BCUT2D eigenvalue weighted by Crippen LogP contribution is 2.34. The van der Waals surface area contributed by atoms with Crippen molar-refractivity contribution in [2.75, 3.05) is 0 Å². The molecular formula is C22H27IN8. The van der Waals surface area contributed by atoms with Gasteiger partial charge in [-0.1, -0.05) is 61.9 Å². The van der Waals surface area contributed by atoms with Crippen molar-refractivity contribution in [1.82, 2.24) is 30.6 Å². The smallest absolute Gasteiger partial charge is 0.168 e. The van der Waals surface area contributed by atoms with Crippen molar-refractivity contribution in [2.24, 2.45) is 8.14 Å². The first-order chi connectivity index (χ1) is 15.2. The molecule has 5 N–H and O–H groups in total. The normalized spacial score (nSPS) is 21.3. The van der Waals surface area contributed by atoms with E-state index >= 15 is 0 Å². The molecule has 1 atom stereocenters. The van der Waals surface area contributed by atoms with E-state index in [1.165, 1.54) is 33.5 Å². The molecule has 0 amide bonds. The van der Waals surface area contributed by atoms with E-state index < -0.39 is 0 Å². The van der Waals surface area contributed by atoms with Gasteiger partial charge in [0.25, 0.3) is 0 Å². The molecule has 2 aromatic carbocycles. The summed E-state index contributed by atoms with van der Waals surface area (Å²) < 4.78 is 8.34. The topological polar surface area (TPSA) is 88.1 Å². The van der Waals surface area contributed by atoms with Gasteiger partial charge in [-0.05, 0) is 42.0 Å². The lowest BCUT2D eigenvalue weighted by atomic mass is 9.94. The number of aliphatic imine (C=N–C) groups is 1. The third-order valence-corrected chi connectivity index (χ3v) is 7.30. The average Bonchev–Trinajstić information content (AvgIpc) is 3.50. The van der Waals surface area contributed by atoms with Crippen molar-refractivity contribution in [2.45, 2.75) is 45.4 Å². The Morgan fingerprint density at radius 1 is 1.03 bits per heavy atom. The molecular weight excluding hydrogens is 503 g/mol. The monoisotopic (exact) mass is 530 g/mol. The highest BCUT2D eigenvalue weighted by Gasteiger charge is 2.32. The lowest BCUT2D eigenvalue weighted by Gasteiger charge is -2.31. The molecule has 8 nitrogen and oxygen atoms in total. The zero-order chi connectivity index (χ0) is 21.2. The van der Waals surface area contributed by atoms with Crippen molar-refractivity contribution in [1.29, 1.82) is 0 Å². The number of amidine groups is 1. The second kappa shape index (κ2) is 9.23. The van der Waals surface area contributed by atoms with Gasteiger partial charge in [0.1, 0.15) is 33.3 Å². The van der Waals surface area contributed by atoms with Gasteiger partial charge < -0.3 is 0 Å². The Bertz CT molecular complexity index is 1040. The fourth-order valence-corrected chi connectivity index (χ4v) is 6.03. The number of halogens is 1. The van der Waals surface area contributed by atoms with Gasteiger partial charge in [0.05, 0.1) is 0 Å². The Hall–Kier alpha value is -2.02. The predicted molar refractivity (Wildman–Crippen MR) is 131 cm³/mol. The molecule has 1 unspecified atom stereocenters. The minimum atomic E-state index is -0.352. The van der Waals surface area contributed by atoms with E-state index in [2.05, 4.69) is 92.9 Å². The maximum atomic E-state index is 4.90. The number of allylic oxidation sites excluding steroid dienone is 1. The first-order valence-corrected chi connectivity index (χ1v) is 12.6. The Kier molecular flexibility index (Phi) is 6.21. The highest BCUT2D eigenvalue weighted by molar-refractivity contribution is 14.1. The molecule has 0 aliphatic carbocycles. The lowest BCUT2D eigenvalue weighted by molar-refractivity contribution is 0.341. The first kappa shape index (κ1) is 20.9. The molecule has 3 heterocycles. The van der Waals surface area contributed by atoms with Gasteiger partial charge >= 0.3 is 0 Å². The minimum Gasteiger partial charge on any atom is -0.257 e. The molecule has 1 fully saturated rings. The zero-order valence-electron chi connectivity index (χ0n) is 17.6. The van der Waals surface area contributed by atoms with Crippen LogP contribution in [-0.2, 0) is 6.42 Å². The molecule has 3 aliphatic heterocycles. The number of benzene rings is 2. The summed E-state index contributed by atoms with van der Waals surface area (Å²) in [7, 11) is 0. The quantitative estimate of drug-likeness (QED) is 0.289. The van der Waals surface area contributed by atoms with Crippen LogP contribution >= 0.6 is 21.3 Å². The van der Waals surface area contributed by atoms with E-state index in [9.17, 15) is 0 Å². The summed E-state index contributed by atoms with van der Waals surface area (Å²) in [5, 5.41) is 2.15. The zero-order valence-corrected chi connectivity index (χ0v) is 19.8. The van der Waals surface area contributed by atoms with Crippen LogP contribution in [0.5, 0.6) is 0 Å². The Morgan fingerprint density at radius 3 is 2.58 bits per heavy atom. The van der Waals surface area contributed by atoms with E-state index in [0.717, 1.165) is 25.1 Å². The predicted octanol–water partition coefficient (Wildman–Crippen LogP) is 3.71. The summed E-state index contributed by atoms with van der Waals surface area (Å²) in [6, 6.07) is 17.4. The first-order valence-electron chi connectivity index (χ1n) is 10.6. The molecule has 31 heavy (non-hydrogen) atoms. The van der Waals surface area contributed by atoms with Crippen molar-refractivity contribution < 1.29 is 0 Å². The summed E-state index contributed by atoms with van der Waals surface area (Å²) in [6.45, 7) is 4.28. The van der Waals surface area contributed by atoms with Crippen molar-refractivity contribution in [3.63, 3.8) is 0 Å². The summed E-state index contributed by atoms with van der Waals surface area (Å²) >= 11 is -0.352. The van der Waals surface area contributed by atoms with E-state index in [0.29, 0.717) is 0 Å². The van der Waals surface area contributed by atoms with E-state index in [4.69, 9.17) is 8.14 Å². The van der Waals surface area contributed by atoms with Crippen LogP contribution in [0.3, 0.4) is 0 Å². The second-order valence-electron chi connectivity index (χ2n) is 7.82. The van der Waals surface area contributed by atoms with Gasteiger partial charge in [0.15, 0.2) is 6.17 Å². The van der Waals surface area contributed by atoms with E-state index in [1.807, 2.05) is 0 Å². The van der Waals surface area contributed by atoms with Gasteiger partial charge in [-0.15, -0.1) is 0 Å². The molecule has 1 saturated heterocycles. The molecule has 0 radical (unpaired) electrons. The average molecular weight is 530 g/mol. The summed E-state index contributed by atoms with van der Waals surface area (Å²) in [5.74, 6) is 1.03. The van der Waals surface area contributed by atoms with Gasteiger partial charge in [-0.2, -0.15) is 14.7 Å². The van der Waals surface area contributed by atoms with Crippen LogP contribution < -0.4 is 25.6 Å². The van der Waals surface area contributed by atoms with Crippen molar-refractivity contribution in [3.8, 4) is 11.1 Å². The third kappa shape index (κ3) is 4.21. The lowest BCUT2D eigenvalue weighted by Crippen LogP contribution is -2.44. The molecule has 3 aliphatic rings. The standard InChI is InChI=1S/C22H27IN8/c1-3-6-20-19(22-25-23-28-31(22)14(2)24-20)13-15-9-11-16(12-10-15)17-7-4-5-8-18(17)21-26-29-30-27-21/h4-5,7-12,21-22,26-27,29-30H,3,6,13H2,1-2H3,(H,25,28). The number of hydrazine groups is 4. The number of nitrogens with zero attached hydrogens (tertiary/aromatic N) is 3. The van der Waals surface area contributed by atoms with Crippen LogP contribution in [-0.4, -0.2) is 17.0 Å². The number of hydrogen-bond acceptors (Lipinski definition) is 8. The fraction of sp³-hybridized carbons (Fsp3) is 0.318. The largest absolute Gasteiger partial charge is 0.257 e. The fourth-order valence-electron chi connectivity index (χ4n) is 4.21. The Labute approximate surface area is 193 Å². The summed E-state index contributed by atoms with van der Waals surface area (Å²) in [5.41, 5.74) is 19.6. The maximum absolute atomic E-state index is 4.90. The van der Waals surface area contributed by atoms with E-state index in [-0.39, 0.29) is 33.6 Å². The van der Waals surface area contributed by atoms with Crippen LogP contribution in [0.15, 0.2) is 67.9 Å². The second-order valence-corrected chi connectivity index (χ2v) is 9.35. The number of fused-ring (bicyclic) bond motifs is 1. The molecule has 0 bridgehead atoms. The Balaban J connectivity index is 1.42. The maximum Gasteiger partial charge on any atom is 0.168 e. The molecule has 5 rings (SSSR count). The molecule has 0 aromatic heterocycles. The molecule has 0 spiro atoms. The van der Waals surface area contributed by atoms with Gasteiger partial charge in [0.2, 0.25) is 0 Å². The number of hydrogen-bond donors (Lipinski definition) is 5. The SMILES string of the molecule is CCCC1=C(Cc2ccc(-c3ccccc3C3NNNN3)cc2)C2N=INN2C(C)=N1. The number of nitrogens with one attached hydrogen (secondary N) is 5. The van der Waals surface area contributed by atoms with Crippen molar-refractivity contribution >= 4 is 27.1 Å². The molecule has 9 heteroatoms. The summed E-state index contributed by atoms with van der Waals surface area (Å²) in [4.78, 5) is 4.90. The van der Waals surface area contributed by atoms with Gasteiger partial charge in [-0.3, -0.25) is 5.01 Å². The van der Waals surface area contributed by atoms with Crippen LogP contribution in [0, 0.1) is 0 Å². The minimum absolute atomic E-state index is 0.00624. The van der Waals surface area contributed by atoms with Crippen molar-refractivity contribution in [3.05, 3.63) is 70.9 Å². The summed E-state index contributed by atoms with van der Waals surface area (Å²) in [6.07, 6.45) is 3.08. The van der Waals surface area contributed by atoms with Crippen LogP contribution in [0.25, 0.3) is 11.1 Å². The van der Waals surface area contributed by atoms with Crippen LogP contribution in [0.4, 0.5) is 0 Å². The van der Waals surface area contributed by atoms with Crippen LogP contribution in [0.2, 0.25) is 0 Å². The molecule has 162 valence electrons. The molecule has 2 aromatic rings. The number of rotatable bonds is 6. The van der Waals surface area contributed by atoms with E-state index in [1.54, 1.807) is 0 Å². The van der Waals surface area contributed by atoms with Crippen LogP contribution in [0.1, 0.15) is 44.0 Å². The van der Waals surface area contributed by atoms with Gasteiger partial charge in [-0.25, -0.2) is 19.0 Å². The van der Waals surface area contributed by atoms with Gasteiger partial charge in [0, 0.05) is 11.3 Å².